The number of carbonyl (C=O) groups is 5. The summed E-state index contributed by atoms with van der Waals surface area (Å²) in [6.07, 6.45) is 11.5. The number of benzene rings is 4. The third kappa shape index (κ3) is 10.1. The molecule has 0 bridgehead atoms. The van der Waals surface area contributed by atoms with Gasteiger partial charge in [-0.05, 0) is 119 Å². The van der Waals surface area contributed by atoms with Crippen LogP contribution < -0.4 is 25.5 Å². The molecule has 4 fully saturated rings. The van der Waals surface area contributed by atoms with Crippen LogP contribution in [0.4, 0.5) is 10.5 Å². The first-order chi connectivity index (χ1) is 37.5. The molecule has 11 rings (SSSR count). The predicted octanol–water partition coefficient (Wildman–Crippen LogP) is 5.15. The summed E-state index contributed by atoms with van der Waals surface area (Å²) in [4.78, 5) is 70.3. The Bertz CT molecular complexity index is 3500. The number of hydrogen-bond acceptors (Lipinski definition) is 11. The third-order valence-corrected chi connectivity index (χ3v) is 21.3. The van der Waals surface area contributed by atoms with Gasteiger partial charge in [0, 0.05) is 62.5 Å². The Labute approximate surface area is 452 Å². The number of anilines is 1. The number of nitrogens with one attached hydrogen (secondary N) is 2. The van der Waals surface area contributed by atoms with Gasteiger partial charge in [0.2, 0.25) is 15.9 Å². The van der Waals surface area contributed by atoms with Crippen molar-refractivity contribution in [2.45, 2.75) is 81.2 Å². The number of aliphatic carboxylic acids is 1. The Hall–Kier alpha value is -8.01. The van der Waals surface area contributed by atoms with Crippen LogP contribution in [0.25, 0.3) is 5.57 Å². The topological polar surface area (TPSA) is 237 Å². The normalized spacial score (nSPS) is 20.0. The zero-order valence-electron chi connectivity index (χ0n) is 43.3. The number of carboxylic acid groups (broad SMARTS) is 2. The number of ether oxygens (including phenoxy) is 1. The average Bonchev–Trinajstić information content (AvgIpc) is 4.09. The largest absolute Gasteiger partial charge is 0.480 e. The molecule has 0 saturated carbocycles. The van der Waals surface area contributed by atoms with Crippen LogP contribution in [0, 0.1) is 0 Å². The second-order valence-corrected chi connectivity index (χ2v) is 27.4. The molecule has 3 atom stereocenters. The molecule has 4 N–H and O–H groups in total. The first-order valence-corrected chi connectivity index (χ1v) is 30.9. The smallest absolute Gasteiger partial charge is 0.415 e. The lowest BCUT2D eigenvalue weighted by Gasteiger charge is -2.40. The number of carboxylic acids is 2. The van der Waals surface area contributed by atoms with Crippen molar-refractivity contribution in [3.63, 3.8) is 0 Å². The van der Waals surface area contributed by atoms with Crippen molar-refractivity contribution in [1.29, 1.82) is 0 Å². The maximum atomic E-state index is 14.2. The van der Waals surface area contributed by atoms with E-state index in [1.54, 1.807) is 59.5 Å². The van der Waals surface area contributed by atoms with Gasteiger partial charge in [-0.3, -0.25) is 9.59 Å². The Kier molecular flexibility index (Phi) is 14.1. The highest BCUT2D eigenvalue weighted by Gasteiger charge is 2.46. The quantitative estimate of drug-likeness (QED) is 0.0785. The Morgan fingerprint density at radius 2 is 1.60 bits per heavy atom. The van der Waals surface area contributed by atoms with Crippen molar-refractivity contribution in [3.8, 4) is 5.75 Å². The zero-order chi connectivity index (χ0) is 54.5. The van der Waals surface area contributed by atoms with Crippen LogP contribution in [0.3, 0.4) is 0 Å². The van der Waals surface area contributed by atoms with Crippen LogP contribution in [0.15, 0.2) is 131 Å². The highest BCUT2D eigenvalue weighted by atomic mass is 32.2. The molecule has 6 heterocycles. The van der Waals surface area contributed by atoms with Crippen molar-refractivity contribution in [1.82, 2.24) is 34.8 Å². The van der Waals surface area contributed by atoms with E-state index in [0.717, 1.165) is 72.9 Å². The number of fused-ring (bicyclic) bond motifs is 2. The van der Waals surface area contributed by atoms with Crippen LogP contribution in [-0.4, -0.2) is 149 Å². The summed E-state index contributed by atoms with van der Waals surface area (Å²) in [5, 5.41) is 37.5. The number of aromatic carboxylic acids is 1. The monoisotopic (exact) mass is 1090 g/mol. The molecule has 4 aromatic carbocycles. The third-order valence-electron chi connectivity index (χ3n) is 15.9. The van der Waals surface area contributed by atoms with Crippen LogP contribution >= 0.6 is 0 Å². The molecule has 5 aliphatic heterocycles. The minimum atomic E-state index is -4.30. The average molecular weight is 1090 g/mol. The van der Waals surface area contributed by atoms with E-state index < -0.39 is 66.1 Å². The van der Waals surface area contributed by atoms with Gasteiger partial charge in [-0.2, -0.15) is 4.31 Å². The first-order valence-electron chi connectivity index (χ1n) is 26.4. The Balaban J connectivity index is 0.804. The van der Waals surface area contributed by atoms with E-state index in [2.05, 4.69) is 79.9 Å². The highest BCUT2D eigenvalue weighted by molar-refractivity contribution is 7.89. The van der Waals surface area contributed by atoms with Crippen LogP contribution in [0.2, 0.25) is 13.1 Å². The fraction of sp³-hybridized carbons (Fsp3) is 0.333. The summed E-state index contributed by atoms with van der Waals surface area (Å²) < 4.78 is 38.7. The molecule has 1 aromatic heterocycles. The standard InChI is InChI=1S/C57H59N9O10SSi/c1-78(2)50-31-39(62-24-8-25-62)15-20-45(50)52(46-21-16-40(32-51(46)78)63-26-9-27-63)44-19-14-37(29-47(44)55(69)70)53(67)58-33-38-34-65(61-60-38)41-30-49(66(35-41)77(74,75)43-10-4-3-5-11-43)54(68)59-48(56(71)72)28-36-12-17-42(18-13-36)76-57(73)64-22-6-7-23-64/h3-5,10-21,29,31-32,34,41,48-49H,6-9,22-28,30,33,35H2,1-2H3,(H3-,58,59,67,68,69,70,71,72)/p+1/t41-,48+,49+/m1/s1. The number of nitrogens with zero attached hydrogens (tertiary/aromatic N) is 7. The number of allylic oxidation sites excluding steroid dienone is 5. The van der Waals surface area contributed by atoms with Gasteiger partial charge >= 0.3 is 18.0 Å². The summed E-state index contributed by atoms with van der Waals surface area (Å²) in [6.45, 7) is 9.62. The summed E-state index contributed by atoms with van der Waals surface area (Å²) in [5.41, 5.74) is 6.60. The summed E-state index contributed by atoms with van der Waals surface area (Å²) in [6, 6.07) is 21.7. The molecule has 1 aliphatic carbocycles. The second-order valence-electron chi connectivity index (χ2n) is 21.2. The number of carbonyl (C=O) groups excluding carboxylic acids is 3. The van der Waals surface area contributed by atoms with Gasteiger partial charge in [0.25, 0.3) is 5.91 Å². The second kappa shape index (κ2) is 21.1. The molecule has 0 unspecified atom stereocenters. The van der Waals surface area contributed by atoms with Gasteiger partial charge < -0.3 is 35.4 Å². The summed E-state index contributed by atoms with van der Waals surface area (Å²) in [7, 11) is -6.60. The first kappa shape index (κ1) is 52.1. The van der Waals surface area contributed by atoms with Gasteiger partial charge in [0.1, 0.15) is 44.7 Å². The SMILES string of the molecule is C[Si]1(C)C2=CC(=[N+]3CCC3)C=CC2=C(c2ccc(C(=O)NCc3cn([C@@H]4C[C@@H](C(=O)N[C@@H](Cc5ccc(OC(=O)N6CCCC6)cc5)C(=O)O)N(S(=O)(=O)c5ccccc5)C4)nn3)cc2C(=O)O)c2ccc(N3CCC3)cc21. The number of aromatic nitrogens is 3. The minimum Gasteiger partial charge on any atom is -0.480 e. The van der Waals surface area contributed by atoms with Gasteiger partial charge in [-0.1, -0.05) is 60.8 Å². The molecule has 402 valence electrons. The Morgan fingerprint density at radius 3 is 2.28 bits per heavy atom. The van der Waals surface area contributed by atoms with Crippen LogP contribution in [0.5, 0.6) is 5.75 Å². The maximum Gasteiger partial charge on any atom is 0.415 e. The lowest BCUT2D eigenvalue weighted by atomic mass is 9.86. The maximum absolute atomic E-state index is 14.2. The van der Waals surface area contributed by atoms with Crippen LogP contribution in [-0.2, 0) is 32.6 Å². The van der Waals surface area contributed by atoms with Crippen molar-refractivity contribution >= 4 is 70.1 Å². The van der Waals surface area contributed by atoms with Crippen LogP contribution in [0.1, 0.15) is 81.2 Å². The molecule has 5 aromatic rings. The van der Waals surface area contributed by atoms with Crippen molar-refractivity contribution in [3.05, 3.63) is 160 Å². The molecule has 0 spiro atoms. The van der Waals surface area contributed by atoms with Gasteiger partial charge in [-0.15, -0.1) is 5.10 Å². The number of sulfonamides is 1. The molecule has 78 heavy (non-hydrogen) atoms. The zero-order valence-corrected chi connectivity index (χ0v) is 45.1. The molecular weight excluding hydrogens is 1030 g/mol. The number of likely N-dealkylation sites (tertiary alicyclic amines) is 1. The van der Waals surface area contributed by atoms with E-state index in [0.29, 0.717) is 29.9 Å². The summed E-state index contributed by atoms with van der Waals surface area (Å²) >= 11 is 0. The van der Waals surface area contributed by atoms with E-state index in [4.69, 9.17) is 4.74 Å². The molecular formula is C57H60N9O10SSi+. The predicted molar refractivity (Wildman–Crippen MR) is 292 cm³/mol. The molecule has 6 aliphatic rings. The van der Waals surface area contributed by atoms with Gasteiger partial charge in [-0.25, -0.2) is 32.1 Å². The van der Waals surface area contributed by atoms with E-state index in [9.17, 15) is 42.6 Å². The van der Waals surface area contributed by atoms with Crippen molar-refractivity contribution < 1.29 is 51.9 Å². The molecule has 21 heteroatoms. The Morgan fingerprint density at radius 1 is 0.859 bits per heavy atom. The molecule has 4 saturated heterocycles. The molecule has 0 radical (unpaired) electrons. The summed E-state index contributed by atoms with van der Waals surface area (Å²) in [5.74, 6) is -3.61. The molecule has 19 nitrogen and oxygen atoms in total. The number of rotatable bonds is 15. The van der Waals surface area contributed by atoms with E-state index in [-0.39, 0.29) is 47.7 Å². The highest BCUT2D eigenvalue weighted by Crippen LogP contribution is 2.43. The fourth-order valence-corrected chi connectivity index (χ4v) is 16.0. The van der Waals surface area contributed by atoms with E-state index in [1.165, 1.54) is 50.9 Å². The number of hydrogen-bond donors (Lipinski definition) is 4. The lowest BCUT2D eigenvalue weighted by molar-refractivity contribution is -0.582. The minimum absolute atomic E-state index is 0.0175. The van der Waals surface area contributed by atoms with E-state index in [1.807, 2.05) is 0 Å². The van der Waals surface area contributed by atoms with Gasteiger partial charge in [0.05, 0.1) is 35.7 Å². The van der Waals surface area contributed by atoms with E-state index >= 15 is 0 Å². The lowest BCUT2D eigenvalue weighted by Crippen LogP contribution is -2.51. The van der Waals surface area contributed by atoms with Crippen molar-refractivity contribution in [2.24, 2.45) is 0 Å². The molecule has 3 amide bonds. The fourth-order valence-electron chi connectivity index (χ4n) is 11.3. The number of amides is 3. The van der Waals surface area contributed by atoms with Gasteiger partial charge in [0.15, 0.2) is 5.71 Å². The van der Waals surface area contributed by atoms with Crippen molar-refractivity contribution in [2.75, 3.05) is 50.7 Å².